The number of aryl methyl sites for hydroxylation is 1. The highest BCUT2D eigenvalue weighted by Gasteiger charge is 2.38. The Morgan fingerprint density at radius 2 is 2.20 bits per heavy atom. The Bertz CT molecular complexity index is 555. The topological polar surface area (TPSA) is 70.6 Å². The highest BCUT2D eigenvalue weighted by molar-refractivity contribution is 5.85. The molecular weight excluding hydrogens is 340 g/mol. The van der Waals surface area contributed by atoms with Crippen LogP contribution in [0.5, 0.6) is 5.75 Å². The summed E-state index contributed by atoms with van der Waals surface area (Å²) < 4.78 is 5.57. The first kappa shape index (κ1) is 20.0. The van der Waals surface area contributed by atoms with Gasteiger partial charge in [-0.1, -0.05) is 25.0 Å². The van der Waals surface area contributed by atoms with Crippen LogP contribution in [0.2, 0.25) is 0 Å². The van der Waals surface area contributed by atoms with E-state index in [2.05, 4.69) is 10.6 Å². The second kappa shape index (κ2) is 9.41. The highest BCUT2D eigenvalue weighted by Crippen LogP contribution is 2.33. The second-order valence-electron chi connectivity index (χ2n) is 7.13. The molecule has 140 valence electrons. The summed E-state index contributed by atoms with van der Waals surface area (Å²) in [6.45, 7) is 2.39. The molecule has 1 aromatic carbocycles. The number of aliphatic hydroxyl groups is 1. The van der Waals surface area contributed by atoms with Gasteiger partial charge in [0.2, 0.25) is 5.91 Å². The molecule has 1 amide bonds. The minimum atomic E-state index is -0.710. The molecule has 5 nitrogen and oxygen atoms in total. The molecule has 0 radical (unpaired) electrons. The molecule has 4 atom stereocenters. The van der Waals surface area contributed by atoms with Crippen molar-refractivity contribution in [3.63, 3.8) is 0 Å². The molecule has 3 N–H and O–H groups in total. The first-order valence-electron chi connectivity index (χ1n) is 9.03. The van der Waals surface area contributed by atoms with E-state index in [1.54, 1.807) is 0 Å². The minimum Gasteiger partial charge on any atom is -0.491 e. The number of benzene rings is 1. The van der Waals surface area contributed by atoms with Gasteiger partial charge < -0.3 is 20.5 Å². The number of halogens is 1. The molecule has 1 aromatic rings. The SMILES string of the molecule is Cc1cccc(OCC(O)CNC(=O)C2CC3CCCCC3N2)c1.Cl. The Labute approximate surface area is 155 Å². The van der Waals surface area contributed by atoms with Gasteiger partial charge in [0.25, 0.3) is 0 Å². The lowest BCUT2D eigenvalue weighted by Gasteiger charge is -2.24. The Balaban J connectivity index is 0.00000225. The van der Waals surface area contributed by atoms with Crippen molar-refractivity contribution in [2.24, 2.45) is 5.92 Å². The zero-order valence-corrected chi connectivity index (χ0v) is 15.6. The second-order valence-corrected chi connectivity index (χ2v) is 7.13. The minimum absolute atomic E-state index is 0. The summed E-state index contributed by atoms with van der Waals surface area (Å²) in [6, 6.07) is 8.10. The van der Waals surface area contributed by atoms with Crippen LogP contribution >= 0.6 is 12.4 Å². The summed E-state index contributed by atoms with van der Waals surface area (Å²) in [5, 5.41) is 16.3. The van der Waals surface area contributed by atoms with Gasteiger partial charge in [0.05, 0.1) is 6.04 Å². The summed E-state index contributed by atoms with van der Waals surface area (Å²) >= 11 is 0. The first-order chi connectivity index (χ1) is 11.6. The molecule has 4 unspecified atom stereocenters. The van der Waals surface area contributed by atoms with Crippen LogP contribution in [0.1, 0.15) is 37.7 Å². The van der Waals surface area contributed by atoms with Gasteiger partial charge in [-0.05, 0) is 49.8 Å². The zero-order valence-electron chi connectivity index (χ0n) is 14.7. The Morgan fingerprint density at radius 3 is 2.96 bits per heavy atom. The normalized spacial score (nSPS) is 26.2. The van der Waals surface area contributed by atoms with E-state index < -0.39 is 6.10 Å². The van der Waals surface area contributed by atoms with Gasteiger partial charge in [0.1, 0.15) is 18.5 Å². The molecular formula is C19H29ClN2O3. The summed E-state index contributed by atoms with van der Waals surface area (Å²) in [4.78, 5) is 12.3. The lowest BCUT2D eigenvalue weighted by atomic mass is 9.85. The fourth-order valence-corrected chi connectivity index (χ4v) is 3.82. The molecule has 0 aromatic heterocycles. The van der Waals surface area contributed by atoms with Crippen LogP contribution in [-0.2, 0) is 4.79 Å². The van der Waals surface area contributed by atoms with Crippen LogP contribution in [-0.4, -0.2) is 42.4 Å². The van der Waals surface area contributed by atoms with E-state index in [9.17, 15) is 9.90 Å². The van der Waals surface area contributed by atoms with E-state index in [4.69, 9.17) is 4.74 Å². The number of fused-ring (bicyclic) bond motifs is 1. The van der Waals surface area contributed by atoms with Gasteiger partial charge in [-0.2, -0.15) is 0 Å². The molecule has 0 spiro atoms. The van der Waals surface area contributed by atoms with Crippen molar-refractivity contribution in [3.8, 4) is 5.75 Å². The van der Waals surface area contributed by atoms with Gasteiger partial charge in [-0.15, -0.1) is 12.4 Å². The highest BCUT2D eigenvalue weighted by atomic mass is 35.5. The maximum atomic E-state index is 12.3. The number of nitrogens with one attached hydrogen (secondary N) is 2. The van der Waals surface area contributed by atoms with Crippen LogP contribution in [0, 0.1) is 12.8 Å². The molecule has 25 heavy (non-hydrogen) atoms. The van der Waals surface area contributed by atoms with Gasteiger partial charge in [0, 0.05) is 12.6 Å². The van der Waals surface area contributed by atoms with Crippen LogP contribution < -0.4 is 15.4 Å². The third kappa shape index (κ3) is 5.59. The number of ether oxygens (including phenoxy) is 1. The van der Waals surface area contributed by atoms with E-state index >= 15 is 0 Å². The Kier molecular flexibility index (Phi) is 7.54. The monoisotopic (exact) mass is 368 g/mol. The van der Waals surface area contributed by atoms with Crippen molar-refractivity contribution in [2.45, 2.75) is 57.2 Å². The van der Waals surface area contributed by atoms with Crippen molar-refractivity contribution < 1.29 is 14.6 Å². The molecule has 1 aliphatic carbocycles. The van der Waals surface area contributed by atoms with Crippen LogP contribution in [0.25, 0.3) is 0 Å². The zero-order chi connectivity index (χ0) is 16.9. The van der Waals surface area contributed by atoms with Crippen molar-refractivity contribution in [2.75, 3.05) is 13.2 Å². The smallest absolute Gasteiger partial charge is 0.237 e. The number of aliphatic hydroxyl groups excluding tert-OH is 1. The Morgan fingerprint density at radius 1 is 1.40 bits per heavy atom. The largest absolute Gasteiger partial charge is 0.491 e. The van der Waals surface area contributed by atoms with Crippen LogP contribution in [0.15, 0.2) is 24.3 Å². The number of amides is 1. The van der Waals surface area contributed by atoms with Gasteiger partial charge in [-0.25, -0.2) is 0 Å². The number of hydrogen-bond donors (Lipinski definition) is 3. The number of rotatable bonds is 6. The van der Waals surface area contributed by atoms with Gasteiger partial charge in [-0.3, -0.25) is 4.79 Å². The van der Waals surface area contributed by atoms with Gasteiger partial charge in [0.15, 0.2) is 0 Å². The maximum Gasteiger partial charge on any atom is 0.237 e. The lowest BCUT2D eigenvalue weighted by molar-refractivity contribution is -0.123. The van der Waals surface area contributed by atoms with E-state index in [1.165, 1.54) is 25.7 Å². The molecule has 1 saturated heterocycles. The molecule has 2 fully saturated rings. The van der Waals surface area contributed by atoms with Crippen LogP contribution in [0.3, 0.4) is 0 Å². The molecule has 6 heteroatoms. The maximum absolute atomic E-state index is 12.3. The quantitative estimate of drug-likeness (QED) is 0.719. The molecule has 2 aliphatic rings. The summed E-state index contributed by atoms with van der Waals surface area (Å²) in [7, 11) is 0. The third-order valence-electron chi connectivity index (χ3n) is 5.12. The number of carbonyl (C=O) groups is 1. The summed E-state index contributed by atoms with van der Waals surface area (Å²) in [6.07, 6.45) is 5.17. The molecule has 1 saturated carbocycles. The Hall–Kier alpha value is -1.30. The number of hydrogen-bond acceptors (Lipinski definition) is 4. The van der Waals surface area contributed by atoms with Crippen LogP contribution in [0.4, 0.5) is 0 Å². The van der Waals surface area contributed by atoms with Crippen molar-refractivity contribution in [1.29, 1.82) is 0 Å². The van der Waals surface area contributed by atoms with E-state index in [0.717, 1.165) is 17.7 Å². The standard InChI is InChI=1S/C19H28N2O3.ClH/c1-13-5-4-7-16(9-13)24-12-15(22)11-20-19(23)18-10-14-6-2-3-8-17(14)21-18;/h4-5,7,9,14-15,17-18,21-22H,2-3,6,8,10-12H2,1H3,(H,20,23);1H. The van der Waals surface area contributed by atoms with E-state index in [1.807, 2.05) is 31.2 Å². The fourth-order valence-electron chi connectivity index (χ4n) is 3.82. The van der Waals surface area contributed by atoms with E-state index in [-0.39, 0.29) is 37.5 Å². The summed E-state index contributed by atoms with van der Waals surface area (Å²) in [5.41, 5.74) is 1.11. The molecule has 3 rings (SSSR count). The fraction of sp³-hybridized carbons (Fsp3) is 0.632. The van der Waals surface area contributed by atoms with Crippen molar-refractivity contribution in [3.05, 3.63) is 29.8 Å². The average Bonchev–Trinajstić information content (AvgIpc) is 3.02. The van der Waals surface area contributed by atoms with Crippen molar-refractivity contribution in [1.82, 2.24) is 10.6 Å². The number of carbonyl (C=O) groups excluding carboxylic acids is 1. The molecule has 1 aliphatic heterocycles. The first-order valence-corrected chi connectivity index (χ1v) is 9.03. The van der Waals surface area contributed by atoms with Gasteiger partial charge >= 0.3 is 0 Å². The lowest BCUT2D eigenvalue weighted by Crippen LogP contribution is -2.45. The molecule has 0 bridgehead atoms. The van der Waals surface area contributed by atoms with E-state index in [0.29, 0.717) is 12.0 Å². The average molecular weight is 369 g/mol. The summed E-state index contributed by atoms with van der Waals surface area (Å²) in [5.74, 6) is 1.38. The van der Waals surface area contributed by atoms with Crippen molar-refractivity contribution >= 4 is 18.3 Å². The predicted molar refractivity (Wildman–Crippen MR) is 100 cm³/mol. The molecule has 1 heterocycles. The third-order valence-corrected chi connectivity index (χ3v) is 5.12. The predicted octanol–water partition coefficient (Wildman–Crippen LogP) is 2.19.